The van der Waals surface area contributed by atoms with Gasteiger partial charge in [0.05, 0.1) is 6.61 Å². The summed E-state index contributed by atoms with van der Waals surface area (Å²) in [5.74, 6) is 0.262. The van der Waals surface area contributed by atoms with Gasteiger partial charge in [-0.1, -0.05) is 13.0 Å². The van der Waals surface area contributed by atoms with Crippen molar-refractivity contribution in [2.45, 2.75) is 32.5 Å². The van der Waals surface area contributed by atoms with Crippen LogP contribution < -0.4 is 5.73 Å². The van der Waals surface area contributed by atoms with Crippen molar-refractivity contribution in [3.05, 3.63) is 35.1 Å². The molecule has 0 amide bonds. The zero-order chi connectivity index (χ0) is 13.1. The Hall–Kier alpha value is -0.970. The summed E-state index contributed by atoms with van der Waals surface area (Å²) in [5.41, 5.74) is 7.30. The van der Waals surface area contributed by atoms with Crippen molar-refractivity contribution < 1.29 is 9.50 Å². The van der Waals surface area contributed by atoms with Crippen molar-refractivity contribution in [2.24, 2.45) is 11.7 Å². The minimum Gasteiger partial charge on any atom is -0.395 e. The van der Waals surface area contributed by atoms with Crippen LogP contribution >= 0.6 is 0 Å². The second-order valence-electron chi connectivity index (χ2n) is 5.16. The van der Waals surface area contributed by atoms with E-state index in [2.05, 4.69) is 11.8 Å². The van der Waals surface area contributed by atoms with E-state index in [9.17, 15) is 9.50 Å². The molecule has 0 radical (unpaired) electrons. The molecule has 1 aromatic rings. The van der Waals surface area contributed by atoms with Crippen molar-refractivity contribution in [3.8, 4) is 0 Å². The van der Waals surface area contributed by atoms with Crippen molar-refractivity contribution in [3.63, 3.8) is 0 Å². The second kappa shape index (κ2) is 5.78. The molecule has 1 aromatic carbocycles. The van der Waals surface area contributed by atoms with Gasteiger partial charge in [-0.05, 0) is 42.1 Å². The SMILES string of the molecule is CC1CCN(Cc2cc(F)cc(CN)c2)C1CO. The molecule has 18 heavy (non-hydrogen) atoms. The number of rotatable bonds is 4. The molecule has 4 heteroatoms. The predicted octanol–water partition coefficient (Wildman–Crippen LogP) is 1.49. The zero-order valence-corrected chi connectivity index (χ0v) is 10.8. The molecule has 1 aliphatic heterocycles. The third kappa shape index (κ3) is 2.88. The molecule has 0 spiro atoms. The van der Waals surface area contributed by atoms with Gasteiger partial charge in [-0.15, -0.1) is 0 Å². The number of aliphatic hydroxyl groups is 1. The highest BCUT2D eigenvalue weighted by molar-refractivity contribution is 5.24. The molecule has 1 heterocycles. The van der Waals surface area contributed by atoms with E-state index in [4.69, 9.17) is 5.73 Å². The van der Waals surface area contributed by atoms with Crippen LogP contribution in [0, 0.1) is 11.7 Å². The van der Waals surface area contributed by atoms with Gasteiger partial charge in [-0.2, -0.15) is 0 Å². The molecule has 0 aromatic heterocycles. The second-order valence-corrected chi connectivity index (χ2v) is 5.16. The van der Waals surface area contributed by atoms with E-state index >= 15 is 0 Å². The fourth-order valence-corrected chi connectivity index (χ4v) is 2.74. The Bertz CT molecular complexity index is 411. The van der Waals surface area contributed by atoms with Crippen LogP contribution in [0.3, 0.4) is 0 Å². The number of hydrogen-bond donors (Lipinski definition) is 2. The molecule has 2 unspecified atom stereocenters. The molecule has 1 fully saturated rings. The fourth-order valence-electron chi connectivity index (χ4n) is 2.74. The molecular formula is C14H21FN2O. The summed E-state index contributed by atoms with van der Waals surface area (Å²) >= 11 is 0. The van der Waals surface area contributed by atoms with Gasteiger partial charge in [0.1, 0.15) is 5.82 Å². The Balaban J connectivity index is 2.11. The minimum atomic E-state index is -0.235. The van der Waals surface area contributed by atoms with Gasteiger partial charge in [0, 0.05) is 19.1 Å². The van der Waals surface area contributed by atoms with Crippen LogP contribution in [0.5, 0.6) is 0 Å². The molecule has 0 bridgehead atoms. The van der Waals surface area contributed by atoms with Crippen LogP contribution in [0.15, 0.2) is 18.2 Å². The smallest absolute Gasteiger partial charge is 0.123 e. The van der Waals surface area contributed by atoms with Crippen molar-refractivity contribution in [2.75, 3.05) is 13.2 Å². The standard InChI is InChI=1S/C14H21FN2O/c1-10-2-3-17(14(10)9-18)8-12-4-11(7-16)5-13(15)6-12/h4-6,10,14,18H,2-3,7-9,16H2,1H3. The highest BCUT2D eigenvalue weighted by Gasteiger charge is 2.30. The molecule has 0 aliphatic carbocycles. The summed E-state index contributed by atoms with van der Waals surface area (Å²) in [5, 5.41) is 9.40. The van der Waals surface area contributed by atoms with E-state index in [1.807, 2.05) is 6.07 Å². The summed E-state index contributed by atoms with van der Waals surface area (Å²) in [7, 11) is 0. The molecule has 100 valence electrons. The predicted molar refractivity (Wildman–Crippen MR) is 69.4 cm³/mol. The first kappa shape index (κ1) is 13.5. The quantitative estimate of drug-likeness (QED) is 0.853. The first-order valence-electron chi connectivity index (χ1n) is 6.47. The normalized spacial score (nSPS) is 24.7. The molecule has 1 saturated heterocycles. The number of hydrogen-bond acceptors (Lipinski definition) is 3. The third-order valence-electron chi connectivity index (χ3n) is 3.82. The monoisotopic (exact) mass is 252 g/mol. The highest BCUT2D eigenvalue weighted by atomic mass is 19.1. The van der Waals surface area contributed by atoms with E-state index in [1.54, 1.807) is 6.07 Å². The molecule has 2 rings (SSSR count). The van der Waals surface area contributed by atoms with Gasteiger partial charge in [-0.3, -0.25) is 4.90 Å². The van der Waals surface area contributed by atoms with Crippen molar-refractivity contribution in [1.82, 2.24) is 4.90 Å². The summed E-state index contributed by atoms with van der Waals surface area (Å²) in [4.78, 5) is 2.22. The van der Waals surface area contributed by atoms with E-state index in [0.717, 1.165) is 24.1 Å². The van der Waals surface area contributed by atoms with Crippen molar-refractivity contribution >= 4 is 0 Å². The lowest BCUT2D eigenvalue weighted by atomic mass is 10.0. The summed E-state index contributed by atoms with van der Waals surface area (Å²) in [6, 6.07) is 5.16. The van der Waals surface area contributed by atoms with Crippen molar-refractivity contribution in [1.29, 1.82) is 0 Å². The minimum absolute atomic E-state index is 0.167. The maximum Gasteiger partial charge on any atom is 0.123 e. The third-order valence-corrected chi connectivity index (χ3v) is 3.82. The van der Waals surface area contributed by atoms with Gasteiger partial charge in [0.2, 0.25) is 0 Å². The molecule has 3 nitrogen and oxygen atoms in total. The van der Waals surface area contributed by atoms with Crippen LogP contribution in [0.2, 0.25) is 0 Å². The first-order chi connectivity index (χ1) is 8.63. The van der Waals surface area contributed by atoms with Gasteiger partial charge < -0.3 is 10.8 Å². The molecular weight excluding hydrogens is 231 g/mol. The molecule has 3 N–H and O–H groups in total. The van der Waals surface area contributed by atoms with E-state index in [-0.39, 0.29) is 18.5 Å². The van der Waals surface area contributed by atoms with Gasteiger partial charge in [-0.25, -0.2) is 4.39 Å². The zero-order valence-electron chi connectivity index (χ0n) is 10.8. The van der Waals surface area contributed by atoms with E-state index in [0.29, 0.717) is 19.0 Å². The van der Waals surface area contributed by atoms with E-state index < -0.39 is 0 Å². The maximum atomic E-state index is 13.4. The Morgan fingerprint density at radius 1 is 1.39 bits per heavy atom. The largest absolute Gasteiger partial charge is 0.395 e. The lowest BCUT2D eigenvalue weighted by molar-refractivity contribution is 0.134. The van der Waals surface area contributed by atoms with Gasteiger partial charge in [0.25, 0.3) is 0 Å². The van der Waals surface area contributed by atoms with Crippen LogP contribution in [-0.4, -0.2) is 29.2 Å². The number of nitrogens with two attached hydrogens (primary N) is 1. The lowest BCUT2D eigenvalue weighted by Crippen LogP contribution is -2.34. The van der Waals surface area contributed by atoms with Gasteiger partial charge in [0.15, 0.2) is 0 Å². The first-order valence-corrected chi connectivity index (χ1v) is 6.47. The fraction of sp³-hybridized carbons (Fsp3) is 0.571. The maximum absolute atomic E-state index is 13.4. The lowest BCUT2D eigenvalue weighted by Gasteiger charge is -2.25. The van der Waals surface area contributed by atoms with Gasteiger partial charge >= 0.3 is 0 Å². The highest BCUT2D eigenvalue weighted by Crippen LogP contribution is 2.25. The Morgan fingerprint density at radius 3 is 2.78 bits per heavy atom. The van der Waals surface area contributed by atoms with E-state index in [1.165, 1.54) is 6.07 Å². The summed E-state index contributed by atoms with van der Waals surface area (Å²) in [6.07, 6.45) is 1.09. The number of likely N-dealkylation sites (tertiary alicyclic amines) is 1. The number of halogens is 1. The molecule has 0 saturated carbocycles. The Kier molecular flexibility index (Phi) is 4.32. The average molecular weight is 252 g/mol. The summed E-state index contributed by atoms with van der Waals surface area (Å²) < 4.78 is 13.4. The number of benzene rings is 1. The van der Waals surface area contributed by atoms with Crippen LogP contribution in [-0.2, 0) is 13.1 Å². The Morgan fingerprint density at radius 2 is 2.11 bits per heavy atom. The summed E-state index contributed by atoms with van der Waals surface area (Å²) in [6.45, 7) is 4.31. The Labute approximate surface area is 107 Å². The van der Waals surface area contributed by atoms with Crippen LogP contribution in [0.4, 0.5) is 4.39 Å². The molecule has 2 atom stereocenters. The molecule has 1 aliphatic rings. The average Bonchev–Trinajstić information content (AvgIpc) is 2.69. The topological polar surface area (TPSA) is 49.5 Å². The number of aliphatic hydroxyl groups excluding tert-OH is 1. The van der Waals surface area contributed by atoms with Crippen LogP contribution in [0.25, 0.3) is 0 Å². The number of nitrogens with zero attached hydrogens (tertiary/aromatic N) is 1. The van der Waals surface area contributed by atoms with Crippen LogP contribution in [0.1, 0.15) is 24.5 Å².